The molecule has 0 spiro atoms. The fraction of sp³-hybridized carbons (Fsp3) is 0.346. The SMILES string of the molecule is CC1CCc2nc3ccccc3c(C(=O)OCC(=O)N3CCc4ccccc4C3)c2C1. The molecule has 31 heavy (non-hydrogen) atoms. The van der Waals surface area contributed by atoms with Crippen LogP contribution in [-0.4, -0.2) is 34.9 Å². The normalized spacial score (nSPS) is 17.7. The number of para-hydroxylation sites is 1. The summed E-state index contributed by atoms with van der Waals surface area (Å²) >= 11 is 0. The van der Waals surface area contributed by atoms with E-state index in [9.17, 15) is 9.59 Å². The van der Waals surface area contributed by atoms with Crippen LogP contribution in [0.2, 0.25) is 0 Å². The van der Waals surface area contributed by atoms with Crippen LogP contribution < -0.4 is 0 Å². The Morgan fingerprint density at radius 1 is 1.06 bits per heavy atom. The topological polar surface area (TPSA) is 59.5 Å². The van der Waals surface area contributed by atoms with E-state index >= 15 is 0 Å². The zero-order valence-electron chi connectivity index (χ0n) is 17.8. The number of fused-ring (bicyclic) bond motifs is 3. The molecule has 0 fully saturated rings. The monoisotopic (exact) mass is 414 g/mol. The molecule has 0 N–H and O–H groups in total. The molecular weight excluding hydrogens is 388 g/mol. The van der Waals surface area contributed by atoms with Crippen LogP contribution in [0.1, 0.15) is 46.1 Å². The molecule has 1 atom stereocenters. The van der Waals surface area contributed by atoms with Crippen LogP contribution in [0.5, 0.6) is 0 Å². The Bertz CT molecular complexity index is 1170. The van der Waals surface area contributed by atoms with Crippen LogP contribution in [-0.2, 0) is 35.3 Å². The van der Waals surface area contributed by atoms with E-state index in [0.717, 1.165) is 53.4 Å². The standard InChI is InChI=1S/C26H26N2O3/c1-17-10-11-23-21(14-17)25(20-8-4-5-9-22(20)27-23)26(30)31-16-24(29)28-13-12-18-6-2-3-7-19(18)15-28/h2-9,17H,10-16H2,1H3. The summed E-state index contributed by atoms with van der Waals surface area (Å²) < 4.78 is 5.58. The van der Waals surface area contributed by atoms with Crippen molar-refractivity contribution in [3.05, 3.63) is 76.5 Å². The van der Waals surface area contributed by atoms with Crippen molar-refractivity contribution in [3.63, 3.8) is 0 Å². The number of aryl methyl sites for hydroxylation is 1. The highest BCUT2D eigenvalue weighted by molar-refractivity contribution is 6.05. The Morgan fingerprint density at radius 2 is 1.84 bits per heavy atom. The lowest BCUT2D eigenvalue weighted by Crippen LogP contribution is -2.38. The van der Waals surface area contributed by atoms with Gasteiger partial charge in [0.25, 0.3) is 5.91 Å². The second-order valence-electron chi connectivity index (χ2n) is 8.69. The molecule has 1 amide bonds. The van der Waals surface area contributed by atoms with Gasteiger partial charge in [-0.2, -0.15) is 0 Å². The smallest absolute Gasteiger partial charge is 0.339 e. The van der Waals surface area contributed by atoms with Gasteiger partial charge in [-0.3, -0.25) is 9.78 Å². The Hall–Kier alpha value is -3.21. The molecule has 2 aromatic carbocycles. The van der Waals surface area contributed by atoms with Gasteiger partial charge in [-0.1, -0.05) is 49.4 Å². The minimum Gasteiger partial charge on any atom is -0.452 e. The summed E-state index contributed by atoms with van der Waals surface area (Å²) in [4.78, 5) is 32.6. The molecule has 0 radical (unpaired) electrons. The molecule has 1 aliphatic carbocycles. The van der Waals surface area contributed by atoms with Gasteiger partial charge in [0.05, 0.1) is 11.1 Å². The van der Waals surface area contributed by atoms with Gasteiger partial charge in [0.15, 0.2) is 6.61 Å². The molecule has 5 nitrogen and oxygen atoms in total. The molecule has 1 aromatic heterocycles. The molecule has 158 valence electrons. The van der Waals surface area contributed by atoms with Crippen molar-refractivity contribution < 1.29 is 14.3 Å². The summed E-state index contributed by atoms with van der Waals surface area (Å²) in [5, 5.41) is 0.805. The lowest BCUT2D eigenvalue weighted by Gasteiger charge is -2.29. The van der Waals surface area contributed by atoms with E-state index in [1.807, 2.05) is 36.4 Å². The first-order valence-corrected chi connectivity index (χ1v) is 11.0. The molecule has 0 bridgehead atoms. The number of hydrogen-bond donors (Lipinski definition) is 0. The predicted molar refractivity (Wildman–Crippen MR) is 119 cm³/mol. The maximum Gasteiger partial charge on any atom is 0.339 e. The number of benzene rings is 2. The average Bonchev–Trinajstić information content (AvgIpc) is 2.80. The summed E-state index contributed by atoms with van der Waals surface area (Å²) in [5.41, 5.74) is 5.82. The summed E-state index contributed by atoms with van der Waals surface area (Å²) in [5.74, 6) is -0.0739. The van der Waals surface area contributed by atoms with Crippen molar-refractivity contribution in [2.75, 3.05) is 13.2 Å². The van der Waals surface area contributed by atoms with E-state index < -0.39 is 5.97 Å². The van der Waals surface area contributed by atoms with Crippen LogP contribution in [0.3, 0.4) is 0 Å². The second-order valence-corrected chi connectivity index (χ2v) is 8.69. The van der Waals surface area contributed by atoms with Gasteiger partial charge in [-0.15, -0.1) is 0 Å². The molecule has 0 saturated carbocycles. The fourth-order valence-electron chi connectivity index (χ4n) is 4.80. The molecule has 3 aromatic rings. The van der Waals surface area contributed by atoms with Gasteiger partial charge < -0.3 is 9.64 Å². The summed E-state index contributed by atoms with van der Waals surface area (Å²) in [7, 11) is 0. The van der Waals surface area contributed by atoms with E-state index in [4.69, 9.17) is 9.72 Å². The number of nitrogens with zero attached hydrogens (tertiary/aromatic N) is 2. The number of pyridine rings is 1. The van der Waals surface area contributed by atoms with Crippen LogP contribution in [0.15, 0.2) is 48.5 Å². The molecular formula is C26H26N2O3. The highest BCUT2D eigenvalue weighted by Crippen LogP contribution is 2.32. The number of amides is 1. The molecule has 5 heteroatoms. The van der Waals surface area contributed by atoms with Gasteiger partial charge in [0, 0.05) is 24.2 Å². The molecule has 1 unspecified atom stereocenters. The van der Waals surface area contributed by atoms with Crippen molar-refractivity contribution in [2.45, 2.75) is 39.2 Å². The number of esters is 1. The van der Waals surface area contributed by atoms with E-state index in [-0.39, 0.29) is 12.5 Å². The zero-order valence-corrected chi connectivity index (χ0v) is 17.8. The zero-order chi connectivity index (χ0) is 21.4. The lowest BCUT2D eigenvalue weighted by molar-refractivity contribution is -0.135. The first-order valence-electron chi connectivity index (χ1n) is 11.0. The first-order chi connectivity index (χ1) is 15.1. The summed E-state index contributed by atoms with van der Waals surface area (Å²) in [6.07, 6.45) is 3.58. The maximum atomic E-state index is 13.2. The number of rotatable bonds is 3. The molecule has 1 aliphatic heterocycles. The van der Waals surface area contributed by atoms with E-state index in [1.165, 1.54) is 5.56 Å². The fourth-order valence-corrected chi connectivity index (χ4v) is 4.80. The number of carbonyl (C=O) groups is 2. The number of hydrogen-bond acceptors (Lipinski definition) is 4. The molecule has 2 heterocycles. The highest BCUT2D eigenvalue weighted by atomic mass is 16.5. The highest BCUT2D eigenvalue weighted by Gasteiger charge is 2.27. The lowest BCUT2D eigenvalue weighted by atomic mass is 9.84. The third-order valence-electron chi connectivity index (χ3n) is 6.52. The predicted octanol–water partition coefficient (Wildman–Crippen LogP) is 4.10. The largest absolute Gasteiger partial charge is 0.452 e. The van der Waals surface area contributed by atoms with Crippen molar-refractivity contribution >= 4 is 22.8 Å². The van der Waals surface area contributed by atoms with E-state index in [1.54, 1.807) is 4.90 Å². The van der Waals surface area contributed by atoms with Crippen LogP contribution in [0.25, 0.3) is 10.9 Å². The molecule has 2 aliphatic rings. The van der Waals surface area contributed by atoms with Crippen LogP contribution in [0, 0.1) is 5.92 Å². The van der Waals surface area contributed by atoms with E-state index in [0.29, 0.717) is 24.6 Å². The first kappa shape index (κ1) is 19.7. The Labute approximate surface area is 182 Å². The third-order valence-corrected chi connectivity index (χ3v) is 6.52. The maximum absolute atomic E-state index is 13.2. The third kappa shape index (κ3) is 3.80. The van der Waals surface area contributed by atoms with Gasteiger partial charge in [-0.25, -0.2) is 4.79 Å². The minimum atomic E-state index is -0.422. The number of carbonyl (C=O) groups excluding carboxylic acids is 2. The second kappa shape index (κ2) is 8.14. The Kier molecular flexibility index (Phi) is 5.18. The number of aromatic nitrogens is 1. The van der Waals surface area contributed by atoms with Gasteiger partial charge in [-0.05, 0) is 54.4 Å². The summed E-state index contributed by atoms with van der Waals surface area (Å²) in [6.45, 7) is 3.18. The number of ether oxygens (including phenoxy) is 1. The van der Waals surface area contributed by atoms with Crippen LogP contribution in [0.4, 0.5) is 0 Å². The van der Waals surface area contributed by atoms with Crippen molar-refractivity contribution in [2.24, 2.45) is 5.92 Å². The van der Waals surface area contributed by atoms with Crippen molar-refractivity contribution in [1.29, 1.82) is 0 Å². The molecule has 5 rings (SSSR count). The Balaban J connectivity index is 1.36. The summed E-state index contributed by atoms with van der Waals surface area (Å²) in [6, 6.07) is 15.9. The Morgan fingerprint density at radius 3 is 2.71 bits per heavy atom. The van der Waals surface area contributed by atoms with Gasteiger partial charge >= 0.3 is 5.97 Å². The average molecular weight is 415 g/mol. The minimum absolute atomic E-state index is 0.150. The van der Waals surface area contributed by atoms with Gasteiger partial charge in [0.2, 0.25) is 0 Å². The quantitative estimate of drug-likeness (QED) is 0.606. The van der Waals surface area contributed by atoms with Crippen molar-refractivity contribution in [3.8, 4) is 0 Å². The van der Waals surface area contributed by atoms with Crippen LogP contribution >= 0.6 is 0 Å². The van der Waals surface area contributed by atoms with Gasteiger partial charge in [0.1, 0.15) is 0 Å². The van der Waals surface area contributed by atoms with Crippen molar-refractivity contribution in [1.82, 2.24) is 9.88 Å². The van der Waals surface area contributed by atoms with E-state index in [2.05, 4.69) is 19.1 Å². The molecule has 0 saturated heterocycles.